The fourth-order valence-electron chi connectivity index (χ4n) is 5.45. The molecule has 3 heteroatoms. The molecule has 3 aliphatic rings. The van der Waals surface area contributed by atoms with Crippen LogP contribution < -0.4 is 9.80 Å². The number of aryl methyl sites for hydroxylation is 1. The van der Waals surface area contributed by atoms with Gasteiger partial charge in [-0.3, -0.25) is 9.80 Å². The van der Waals surface area contributed by atoms with Crippen LogP contribution >= 0.6 is 0 Å². The maximum absolute atomic E-state index is 13.5. The molecule has 28 heavy (non-hydrogen) atoms. The number of amides is 2. The second-order valence-corrected chi connectivity index (χ2v) is 8.63. The molecule has 1 fully saturated rings. The first-order chi connectivity index (χ1) is 13.6. The highest BCUT2D eigenvalue weighted by molar-refractivity contribution is 6.06. The van der Waals surface area contributed by atoms with Crippen molar-refractivity contribution in [2.75, 3.05) is 16.8 Å². The van der Waals surface area contributed by atoms with Crippen LogP contribution in [0.4, 0.5) is 16.2 Å². The topological polar surface area (TPSA) is 23.6 Å². The summed E-state index contributed by atoms with van der Waals surface area (Å²) in [6.45, 7) is 2.09. The Morgan fingerprint density at radius 1 is 1.00 bits per heavy atom. The Balaban J connectivity index is 1.63. The number of fused-ring (bicyclic) bond motifs is 2. The third-order valence-corrected chi connectivity index (χ3v) is 6.88. The summed E-state index contributed by atoms with van der Waals surface area (Å²) in [7, 11) is 1.89. The molecule has 144 valence electrons. The average molecular weight is 373 g/mol. The van der Waals surface area contributed by atoms with Crippen LogP contribution in [0.2, 0.25) is 0 Å². The van der Waals surface area contributed by atoms with Crippen molar-refractivity contribution < 1.29 is 4.79 Å². The molecule has 1 aliphatic heterocycles. The van der Waals surface area contributed by atoms with Crippen LogP contribution in [0.15, 0.2) is 60.2 Å². The van der Waals surface area contributed by atoms with E-state index in [-0.39, 0.29) is 12.1 Å². The highest BCUT2D eigenvalue weighted by Crippen LogP contribution is 2.50. The Kier molecular flexibility index (Phi) is 4.26. The lowest BCUT2D eigenvalue weighted by Gasteiger charge is -2.43. The zero-order chi connectivity index (χ0) is 19.3. The van der Waals surface area contributed by atoms with Crippen molar-refractivity contribution >= 4 is 17.4 Å². The number of urea groups is 1. The summed E-state index contributed by atoms with van der Waals surface area (Å²) in [5.74, 6) is 1.11. The summed E-state index contributed by atoms with van der Waals surface area (Å²) in [6, 6.07) is 17.0. The van der Waals surface area contributed by atoms with E-state index in [2.05, 4.69) is 55.5 Å². The standard InChI is InChI=1S/C25H28N2O/c1-17-11-13-21(14-12-17)27-24(20-15-18-7-3-4-8-19(18)16-20)22-9-5-6-10-23(22)26(2)25(27)28/h5-6,9-15,19-20,24H,3-4,7-8,16H2,1-2H3/t19?,20-,24+/m0/s1. The van der Waals surface area contributed by atoms with E-state index in [1.54, 1.807) is 10.5 Å². The third kappa shape index (κ3) is 2.76. The molecule has 2 aromatic rings. The number of allylic oxidation sites excluding steroid dienone is 1. The van der Waals surface area contributed by atoms with Crippen LogP contribution in [0.5, 0.6) is 0 Å². The Labute approximate surface area is 167 Å². The number of hydrogen-bond acceptors (Lipinski definition) is 1. The smallest absolute Gasteiger partial charge is 0.297 e. The van der Waals surface area contributed by atoms with Gasteiger partial charge in [-0.1, -0.05) is 54.0 Å². The van der Waals surface area contributed by atoms with Gasteiger partial charge < -0.3 is 0 Å². The highest BCUT2D eigenvalue weighted by Gasteiger charge is 2.43. The fraction of sp³-hybridized carbons (Fsp3) is 0.400. The van der Waals surface area contributed by atoms with Crippen molar-refractivity contribution in [3.05, 3.63) is 71.3 Å². The van der Waals surface area contributed by atoms with Gasteiger partial charge in [0, 0.05) is 18.7 Å². The lowest BCUT2D eigenvalue weighted by Crippen LogP contribution is -2.49. The quantitative estimate of drug-likeness (QED) is 0.572. The Morgan fingerprint density at radius 3 is 2.57 bits per heavy atom. The van der Waals surface area contributed by atoms with E-state index < -0.39 is 0 Å². The summed E-state index contributed by atoms with van der Waals surface area (Å²) in [5.41, 5.74) is 6.17. The largest absolute Gasteiger partial charge is 0.329 e. The van der Waals surface area contributed by atoms with Crippen LogP contribution in [0, 0.1) is 18.8 Å². The molecule has 2 amide bonds. The molecule has 0 N–H and O–H groups in total. The van der Waals surface area contributed by atoms with Gasteiger partial charge in [-0.2, -0.15) is 0 Å². The molecular weight excluding hydrogens is 344 g/mol. The second kappa shape index (κ2) is 6.80. The summed E-state index contributed by atoms with van der Waals surface area (Å²) < 4.78 is 0. The number of benzene rings is 2. The van der Waals surface area contributed by atoms with E-state index in [1.165, 1.54) is 43.2 Å². The molecule has 0 spiro atoms. The monoisotopic (exact) mass is 372 g/mol. The summed E-state index contributed by atoms with van der Waals surface area (Å²) in [6.07, 6.45) is 8.92. The van der Waals surface area contributed by atoms with Crippen LogP contribution in [0.25, 0.3) is 0 Å². The summed E-state index contributed by atoms with van der Waals surface area (Å²) >= 11 is 0. The molecule has 0 radical (unpaired) electrons. The van der Waals surface area contributed by atoms with Gasteiger partial charge in [0.05, 0.1) is 11.7 Å². The third-order valence-electron chi connectivity index (χ3n) is 6.88. The molecule has 1 heterocycles. The lowest BCUT2D eigenvalue weighted by molar-refractivity contribution is 0.245. The van der Waals surface area contributed by atoms with Gasteiger partial charge in [0.25, 0.3) is 0 Å². The average Bonchev–Trinajstić information content (AvgIpc) is 3.15. The highest BCUT2D eigenvalue weighted by atomic mass is 16.2. The summed E-state index contributed by atoms with van der Waals surface area (Å²) in [4.78, 5) is 17.3. The van der Waals surface area contributed by atoms with Crippen LogP contribution in [0.3, 0.4) is 0 Å². The normalized spacial score (nSPS) is 26.7. The molecule has 1 unspecified atom stereocenters. The number of hydrogen-bond donors (Lipinski definition) is 0. The van der Waals surface area contributed by atoms with Gasteiger partial charge in [-0.25, -0.2) is 4.79 Å². The van der Waals surface area contributed by atoms with E-state index in [1.807, 2.05) is 18.0 Å². The molecule has 0 bridgehead atoms. The number of para-hydroxylation sites is 1. The Bertz CT molecular complexity index is 930. The Morgan fingerprint density at radius 2 is 1.79 bits per heavy atom. The van der Waals surface area contributed by atoms with E-state index in [0.717, 1.165) is 17.3 Å². The second-order valence-electron chi connectivity index (χ2n) is 8.63. The molecule has 1 saturated carbocycles. The van der Waals surface area contributed by atoms with Crippen molar-refractivity contribution in [3.63, 3.8) is 0 Å². The van der Waals surface area contributed by atoms with Crippen LogP contribution in [-0.2, 0) is 0 Å². The minimum Gasteiger partial charge on any atom is -0.297 e. The molecule has 3 atom stereocenters. The number of carbonyl (C=O) groups excluding carboxylic acids is 1. The number of nitrogens with zero attached hydrogens (tertiary/aromatic N) is 2. The van der Waals surface area contributed by atoms with Gasteiger partial charge in [-0.05, 0) is 62.3 Å². The van der Waals surface area contributed by atoms with E-state index >= 15 is 0 Å². The molecule has 3 nitrogen and oxygen atoms in total. The number of rotatable bonds is 2. The first-order valence-electron chi connectivity index (χ1n) is 10.6. The maximum atomic E-state index is 13.5. The molecular formula is C25H28N2O. The van der Waals surface area contributed by atoms with Gasteiger partial charge in [0.15, 0.2) is 0 Å². The molecule has 5 rings (SSSR count). The maximum Gasteiger partial charge on any atom is 0.329 e. The Hall–Kier alpha value is -2.55. The fourth-order valence-corrected chi connectivity index (χ4v) is 5.45. The minimum atomic E-state index is 0.0701. The first-order valence-corrected chi connectivity index (χ1v) is 10.6. The number of carbonyl (C=O) groups is 1. The van der Waals surface area contributed by atoms with Gasteiger partial charge in [0.1, 0.15) is 0 Å². The van der Waals surface area contributed by atoms with E-state index in [0.29, 0.717) is 5.92 Å². The van der Waals surface area contributed by atoms with Gasteiger partial charge in [-0.15, -0.1) is 0 Å². The molecule has 0 saturated heterocycles. The lowest BCUT2D eigenvalue weighted by atomic mass is 9.83. The first kappa shape index (κ1) is 17.5. The van der Waals surface area contributed by atoms with E-state index in [4.69, 9.17) is 0 Å². The zero-order valence-electron chi connectivity index (χ0n) is 16.8. The van der Waals surface area contributed by atoms with Gasteiger partial charge >= 0.3 is 6.03 Å². The van der Waals surface area contributed by atoms with Crippen molar-refractivity contribution in [1.82, 2.24) is 0 Å². The molecule has 2 aliphatic carbocycles. The number of anilines is 2. The molecule has 2 aromatic carbocycles. The predicted molar refractivity (Wildman–Crippen MR) is 115 cm³/mol. The van der Waals surface area contributed by atoms with Crippen molar-refractivity contribution in [3.8, 4) is 0 Å². The predicted octanol–water partition coefficient (Wildman–Crippen LogP) is 6.25. The van der Waals surface area contributed by atoms with Crippen LogP contribution in [-0.4, -0.2) is 13.1 Å². The van der Waals surface area contributed by atoms with Gasteiger partial charge in [0.2, 0.25) is 0 Å². The minimum absolute atomic E-state index is 0.0701. The zero-order valence-corrected chi connectivity index (χ0v) is 16.8. The van der Waals surface area contributed by atoms with Crippen molar-refractivity contribution in [2.45, 2.75) is 45.1 Å². The molecule has 0 aromatic heterocycles. The van der Waals surface area contributed by atoms with Crippen molar-refractivity contribution in [1.29, 1.82) is 0 Å². The van der Waals surface area contributed by atoms with E-state index in [9.17, 15) is 4.79 Å². The SMILES string of the molecule is Cc1ccc(N2C(=O)N(C)c3ccccc3[C@H]2[C@H]2C=C3CCCCC3C2)cc1. The van der Waals surface area contributed by atoms with Crippen LogP contribution in [0.1, 0.15) is 49.3 Å². The summed E-state index contributed by atoms with van der Waals surface area (Å²) in [5, 5.41) is 0. The van der Waals surface area contributed by atoms with Crippen molar-refractivity contribution in [2.24, 2.45) is 11.8 Å².